The minimum absolute atomic E-state index is 0.211. The molecule has 3 nitrogen and oxygen atoms in total. The Morgan fingerprint density at radius 1 is 1.39 bits per heavy atom. The van der Waals surface area contributed by atoms with Gasteiger partial charge in [-0.15, -0.1) is 0 Å². The molecular weight excluding hydrogens is 226 g/mol. The highest BCUT2D eigenvalue weighted by atomic mass is 16.5. The van der Waals surface area contributed by atoms with Gasteiger partial charge in [0, 0.05) is 17.5 Å². The molecular formula is C15H21NO2. The van der Waals surface area contributed by atoms with Crippen molar-refractivity contribution in [2.75, 3.05) is 13.7 Å². The monoisotopic (exact) mass is 247 g/mol. The zero-order valence-corrected chi connectivity index (χ0v) is 11.2. The summed E-state index contributed by atoms with van der Waals surface area (Å²) in [7, 11) is 1.63. The highest BCUT2D eigenvalue weighted by molar-refractivity contribution is 6.02. The van der Waals surface area contributed by atoms with Crippen LogP contribution < -0.4 is 10.5 Å². The fourth-order valence-electron chi connectivity index (χ4n) is 2.88. The van der Waals surface area contributed by atoms with E-state index in [1.54, 1.807) is 7.11 Å². The Balaban J connectivity index is 2.33. The SMILES string of the molecule is COc1ccc(C(=O)C2(CN)CCCC2)c(C)c1. The Labute approximate surface area is 108 Å². The van der Waals surface area contributed by atoms with Crippen molar-refractivity contribution < 1.29 is 9.53 Å². The molecule has 1 aliphatic rings. The number of hydrogen-bond donors (Lipinski definition) is 1. The second kappa shape index (κ2) is 5.11. The van der Waals surface area contributed by atoms with Crippen LogP contribution in [-0.2, 0) is 0 Å². The lowest BCUT2D eigenvalue weighted by molar-refractivity contribution is 0.0809. The maximum absolute atomic E-state index is 12.7. The summed E-state index contributed by atoms with van der Waals surface area (Å²) in [6, 6.07) is 5.62. The number of hydrogen-bond acceptors (Lipinski definition) is 3. The van der Waals surface area contributed by atoms with Crippen molar-refractivity contribution in [3.63, 3.8) is 0 Å². The van der Waals surface area contributed by atoms with Gasteiger partial charge in [-0.05, 0) is 43.5 Å². The zero-order chi connectivity index (χ0) is 13.2. The summed E-state index contributed by atoms with van der Waals surface area (Å²) in [6.45, 7) is 2.41. The lowest BCUT2D eigenvalue weighted by Crippen LogP contribution is -2.36. The van der Waals surface area contributed by atoms with Gasteiger partial charge in [-0.3, -0.25) is 4.79 Å². The second-order valence-corrected chi connectivity index (χ2v) is 5.20. The second-order valence-electron chi connectivity index (χ2n) is 5.20. The van der Waals surface area contributed by atoms with Crippen LogP contribution in [0.15, 0.2) is 18.2 Å². The van der Waals surface area contributed by atoms with Crippen molar-refractivity contribution in [2.45, 2.75) is 32.6 Å². The van der Waals surface area contributed by atoms with Gasteiger partial charge in [-0.25, -0.2) is 0 Å². The molecule has 0 aliphatic heterocycles. The Hall–Kier alpha value is -1.35. The number of benzene rings is 1. The Kier molecular flexibility index (Phi) is 3.71. The summed E-state index contributed by atoms with van der Waals surface area (Å²) < 4.78 is 5.17. The van der Waals surface area contributed by atoms with Crippen LogP contribution >= 0.6 is 0 Å². The van der Waals surface area contributed by atoms with Crippen molar-refractivity contribution in [1.29, 1.82) is 0 Å². The summed E-state index contributed by atoms with van der Waals surface area (Å²) in [6.07, 6.45) is 4.07. The number of aryl methyl sites for hydroxylation is 1. The van der Waals surface area contributed by atoms with E-state index in [-0.39, 0.29) is 11.2 Å². The number of carbonyl (C=O) groups excluding carboxylic acids is 1. The van der Waals surface area contributed by atoms with Crippen molar-refractivity contribution in [2.24, 2.45) is 11.1 Å². The zero-order valence-electron chi connectivity index (χ0n) is 11.2. The predicted octanol–water partition coefficient (Wildman–Crippen LogP) is 2.71. The molecule has 1 aromatic rings. The third-order valence-electron chi connectivity index (χ3n) is 4.11. The maximum atomic E-state index is 12.7. The van der Waals surface area contributed by atoms with Crippen LogP contribution in [0.3, 0.4) is 0 Å². The number of Topliss-reactive ketones (excluding diaryl/α,β-unsaturated/α-hetero) is 1. The van der Waals surface area contributed by atoms with E-state index >= 15 is 0 Å². The van der Waals surface area contributed by atoms with E-state index in [1.165, 1.54) is 0 Å². The smallest absolute Gasteiger partial charge is 0.170 e. The first kappa shape index (κ1) is 13.1. The third kappa shape index (κ3) is 2.15. The van der Waals surface area contributed by atoms with Crippen molar-refractivity contribution in [1.82, 2.24) is 0 Å². The average molecular weight is 247 g/mol. The van der Waals surface area contributed by atoms with Gasteiger partial charge in [0.2, 0.25) is 0 Å². The normalized spacial score (nSPS) is 17.7. The lowest BCUT2D eigenvalue weighted by Gasteiger charge is -2.26. The molecule has 0 bridgehead atoms. The Bertz CT molecular complexity index is 448. The van der Waals surface area contributed by atoms with Gasteiger partial charge in [-0.2, -0.15) is 0 Å². The van der Waals surface area contributed by atoms with Gasteiger partial charge in [0.05, 0.1) is 7.11 Å². The molecule has 1 saturated carbocycles. The van der Waals surface area contributed by atoms with E-state index in [4.69, 9.17) is 10.5 Å². The number of carbonyl (C=O) groups is 1. The average Bonchev–Trinajstić information content (AvgIpc) is 2.87. The number of methoxy groups -OCH3 is 1. The molecule has 0 saturated heterocycles. The Morgan fingerprint density at radius 2 is 2.06 bits per heavy atom. The van der Waals surface area contributed by atoms with Gasteiger partial charge in [-0.1, -0.05) is 12.8 Å². The van der Waals surface area contributed by atoms with E-state index in [0.29, 0.717) is 6.54 Å². The molecule has 0 atom stereocenters. The molecule has 98 valence electrons. The fraction of sp³-hybridized carbons (Fsp3) is 0.533. The Morgan fingerprint density at radius 3 is 2.56 bits per heavy atom. The van der Waals surface area contributed by atoms with E-state index in [9.17, 15) is 4.79 Å². The van der Waals surface area contributed by atoms with E-state index in [2.05, 4.69) is 0 Å². The maximum Gasteiger partial charge on any atom is 0.170 e. The first-order valence-electron chi connectivity index (χ1n) is 6.52. The van der Waals surface area contributed by atoms with Crippen molar-refractivity contribution >= 4 is 5.78 Å². The predicted molar refractivity (Wildman–Crippen MR) is 72.0 cm³/mol. The molecule has 2 N–H and O–H groups in total. The molecule has 1 aromatic carbocycles. The number of nitrogens with two attached hydrogens (primary N) is 1. The van der Waals surface area contributed by atoms with Gasteiger partial charge < -0.3 is 10.5 Å². The first-order valence-corrected chi connectivity index (χ1v) is 6.52. The fourth-order valence-corrected chi connectivity index (χ4v) is 2.88. The van der Waals surface area contributed by atoms with Crippen LogP contribution in [0.5, 0.6) is 5.75 Å². The number of ether oxygens (including phenoxy) is 1. The highest BCUT2D eigenvalue weighted by Crippen LogP contribution is 2.40. The van der Waals surface area contributed by atoms with Crippen LogP contribution in [0.2, 0.25) is 0 Å². The van der Waals surface area contributed by atoms with Crippen LogP contribution in [0.25, 0.3) is 0 Å². The third-order valence-corrected chi connectivity index (χ3v) is 4.11. The molecule has 0 amide bonds. The molecule has 2 rings (SSSR count). The molecule has 3 heteroatoms. The molecule has 1 aliphatic carbocycles. The minimum atomic E-state index is -0.320. The summed E-state index contributed by atoms with van der Waals surface area (Å²) in [5.74, 6) is 1.000. The molecule has 0 radical (unpaired) electrons. The van der Waals surface area contributed by atoms with Crippen LogP contribution in [0.4, 0.5) is 0 Å². The van der Waals surface area contributed by atoms with E-state index in [1.807, 2.05) is 25.1 Å². The molecule has 18 heavy (non-hydrogen) atoms. The van der Waals surface area contributed by atoms with E-state index in [0.717, 1.165) is 42.6 Å². The van der Waals surface area contributed by atoms with E-state index < -0.39 is 0 Å². The minimum Gasteiger partial charge on any atom is -0.497 e. The molecule has 1 fully saturated rings. The van der Waals surface area contributed by atoms with Crippen LogP contribution in [-0.4, -0.2) is 19.4 Å². The van der Waals surface area contributed by atoms with Gasteiger partial charge in [0.25, 0.3) is 0 Å². The van der Waals surface area contributed by atoms with Crippen molar-refractivity contribution in [3.8, 4) is 5.75 Å². The number of ketones is 1. The quantitative estimate of drug-likeness (QED) is 0.832. The molecule has 0 heterocycles. The highest BCUT2D eigenvalue weighted by Gasteiger charge is 2.40. The van der Waals surface area contributed by atoms with Crippen molar-refractivity contribution in [3.05, 3.63) is 29.3 Å². The summed E-state index contributed by atoms with van der Waals surface area (Å²) in [5.41, 5.74) is 7.31. The van der Waals surface area contributed by atoms with Crippen LogP contribution in [0, 0.1) is 12.3 Å². The topological polar surface area (TPSA) is 52.3 Å². The van der Waals surface area contributed by atoms with Gasteiger partial charge in [0.15, 0.2) is 5.78 Å². The van der Waals surface area contributed by atoms with Crippen LogP contribution in [0.1, 0.15) is 41.6 Å². The molecule has 0 unspecified atom stereocenters. The summed E-state index contributed by atoms with van der Waals surface area (Å²) in [5, 5.41) is 0. The van der Waals surface area contributed by atoms with Gasteiger partial charge >= 0.3 is 0 Å². The van der Waals surface area contributed by atoms with Gasteiger partial charge in [0.1, 0.15) is 5.75 Å². The first-order chi connectivity index (χ1) is 8.63. The number of rotatable bonds is 4. The largest absolute Gasteiger partial charge is 0.497 e. The standard InChI is InChI=1S/C15H21NO2/c1-11-9-12(18-2)5-6-13(11)14(17)15(10-16)7-3-4-8-15/h5-6,9H,3-4,7-8,10,16H2,1-2H3. The lowest BCUT2D eigenvalue weighted by atomic mass is 9.78. The molecule has 0 spiro atoms. The summed E-state index contributed by atoms with van der Waals surface area (Å²) in [4.78, 5) is 12.7. The summed E-state index contributed by atoms with van der Waals surface area (Å²) >= 11 is 0. The molecule has 0 aromatic heterocycles.